The number of carbonyl (C=O) groups is 2. The molecule has 0 radical (unpaired) electrons. The molecule has 114 valence electrons. The second-order valence-electron chi connectivity index (χ2n) is 5.43. The molecule has 3 atom stereocenters. The van der Waals surface area contributed by atoms with Gasteiger partial charge in [0.05, 0.1) is 17.9 Å². The number of hydrogen-bond acceptors (Lipinski definition) is 2. The Hall–Kier alpha value is -1.98. The lowest BCUT2D eigenvalue weighted by Gasteiger charge is -2.37. The topological polar surface area (TPSA) is 57.6 Å². The Morgan fingerprint density at radius 2 is 1.86 bits per heavy atom. The van der Waals surface area contributed by atoms with Gasteiger partial charge in [-0.25, -0.2) is 8.78 Å². The predicted molar refractivity (Wildman–Crippen MR) is 71.4 cm³/mol. The molecule has 1 aliphatic rings. The van der Waals surface area contributed by atoms with Gasteiger partial charge >= 0.3 is 5.97 Å². The number of carboxylic acid groups (broad SMARTS) is 1. The average molecular weight is 297 g/mol. The first-order valence-corrected chi connectivity index (χ1v) is 6.77. The number of carbonyl (C=O) groups excluding carboxylic acids is 1. The number of carboxylic acids is 1. The molecular weight excluding hydrogens is 280 g/mol. The monoisotopic (exact) mass is 297 g/mol. The molecule has 3 unspecified atom stereocenters. The van der Waals surface area contributed by atoms with Crippen LogP contribution in [-0.2, 0) is 9.59 Å². The van der Waals surface area contributed by atoms with Crippen molar-refractivity contribution in [2.45, 2.75) is 25.8 Å². The van der Waals surface area contributed by atoms with E-state index in [0.29, 0.717) is 18.4 Å². The summed E-state index contributed by atoms with van der Waals surface area (Å²) in [5.74, 6) is -4.31. The maximum absolute atomic E-state index is 13.3. The summed E-state index contributed by atoms with van der Waals surface area (Å²) in [6.07, 6.45) is 1.05. The summed E-state index contributed by atoms with van der Waals surface area (Å²) < 4.78 is 26.2. The number of nitrogens with zero attached hydrogens (tertiary/aromatic N) is 1. The van der Waals surface area contributed by atoms with Crippen molar-refractivity contribution in [2.24, 2.45) is 11.8 Å². The largest absolute Gasteiger partial charge is 0.481 e. The molecule has 1 aromatic rings. The van der Waals surface area contributed by atoms with E-state index in [1.807, 2.05) is 0 Å². The van der Waals surface area contributed by atoms with E-state index in [4.69, 9.17) is 5.11 Å². The number of amides is 1. The molecule has 1 N–H and O–H groups in total. The van der Waals surface area contributed by atoms with Gasteiger partial charge in [-0.2, -0.15) is 0 Å². The molecule has 0 aromatic heterocycles. The SMILES string of the molecule is CC(c1ccc(F)c(F)c1)N(C)C(=O)C1CCC1C(=O)O. The zero-order chi connectivity index (χ0) is 15.7. The Morgan fingerprint density at radius 3 is 2.33 bits per heavy atom. The average Bonchev–Trinajstić information content (AvgIpc) is 2.38. The Balaban J connectivity index is 2.11. The molecule has 0 bridgehead atoms. The van der Waals surface area contributed by atoms with Gasteiger partial charge < -0.3 is 10.0 Å². The van der Waals surface area contributed by atoms with Gasteiger partial charge in [-0.05, 0) is 37.5 Å². The van der Waals surface area contributed by atoms with Crippen LogP contribution in [0.2, 0.25) is 0 Å². The summed E-state index contributed by atoms with van der Waals surface area (Å²) in [5.41, 5.74) is 0.468. The van der Waals surface area contributed by atoms with Crippen LogP contribution in [0.5, 0.6) is 0 Å². The summed E-state index contributed by atoms with van der Waals surface area (Å²) in [6.45, 7) is 1.69. The Labute approximate surface area is 121 Å². The summed E-state index contributed by atoms with van der Waals surface area (Å²) in [7, 11) is 1.55. The van der Waals surface area contributed by atoms with E-state index in [1.165, 1.54) is 11.0 Å². The van der Waals surface area contributed by atoms with Crippen LogP contribution in [0.25, 0.3) is 0 Å². The maximum atomic E-state index is 13.3. The van der Waals surface area contributed by atoms with Crippen LogP contribution in [0.1, 0.15) is 31.4 Å². The van der Waals surface area contributed by atoms with Crippen molar-refractivity contribution in [2.75, 3.05) is 7.05 Å². The Kier molecular flexibility index (Phi) is 4.25. The van der Waals surface area contributed by atoms with Gasteiger partial charge in [0.2, 0.25) is 5.91 Å². The van der Waals surface area contributed by atoms with E-state index in [2.05, 4.69) is 0 Å². The van der Waals surface area contributed by atoms with Gasteiger partial charge in [0.1, 0.15) is 0 Å². The molecule has 1 saturated carbocycles. The third-order valence-electron chi connectivity index (χ3n) is 4.26. The quantitative estimate of drug-likeness (QED) is 0.929. The lowest BCUT2D eigenvalue weighted by atomic mass is 9.72. The fraction of sp³-hybridized carbons (Fsp3) is 0.467. The normalized spacial score (nSPS) is 22.3. The molecule has 6 heteroatoms. The molecular formula is C15H17F2NO3. The summed E-state index contributed by atoms with van der Waals surface area (Å²) in [6, 6.07) is 3.03. The molecule has 1 aromatic carbocycles. The van der Waals surface area contributed by atoms with Gasteiger partial charge in [-0.3, -0.25) is 9.59 Å². The molecule has 0 spiro atoms. The standard InChI is InChI=1S/C15H17F2NO3/c1-8(9-3-6-12(16)13(17)7-9)18(2)14(19)10-4-5-11(10)15(20)21/h3,6-8,10-11H,4-5H2,1-2H3,(H,20,21). The van der Waals surface area contributed by atoms with Crippen LogP contribution in [0.3, 0.4) is 0 Å². The van der Waals surface area contributed by atoms with E-state index in [9.17, 15) is 18.4 Å². The molecule has 2 rings (SSSR count). The number of halogens is 2. The molecule has 1 amide bonds. The van der Waals surface area contributed by atoms with E-state index in [0.717, 1.165) is 12.1 Å². The minimum atomic E-state index is -0.966. The van der Waals surface area contributed by atoms with Crippen molar-refractivity contribution >= 4 is 11.9 Å². The second kappa shape index (κ2) is 5.79. The van der Waals surface area contributed by atoms with E-state index >= 15 is 0 Å². The first kappa shape index (κ1) is 15.4. The Morgan fingerprint density at radius 1 is 1.24 bits per heavy atom. The van der Waals surface area contributed by atoms with E-state index in [-0.39, 0.29) is 5.91 Å². The summed E-state index contributed by atoms with van der Waals surface area (Å²) in [5, 5.41) is 8.99. The van der Waals surface area contributed by atoms with Crippen molar-refractivity contribution in [1.29, 1.82) is 0 Å². The maximum Gasteiger partial charge on any atom is 0.307 e. The zero-order valence-corrected chi connectivity index (χ0v) is 11.8. The van der Waals surface area contributed by atoms with Crippen LogP contribution in [-0.4, -0.2) is 28.9 Å². The first-order chi connectivity index (χ1) is 9.82. The van der Waals surface area contributed by atoms with Gasteiger partial charge in [0.15, 0.2) is 11.6 Å². The highest BCUT2D eigenvalue weighted by atomic mass is 19.2. The van der Waals surface area contributed by atoms with E-state index in [1.54, 1.807) is 14.0 Å². The van der Waals surface area contributed by atoms with Crippen LogP contribution < -0.4 is 0 Å². The number of hydrogen-bond donors (Lipinski definition) is 1. The van der Waals surface area contributed by atoms with Crippen LogP contribution in [0.15, 0.2) is 18.2 Å². The van der Waals surface area contributed by atoms with Crippen LogP contribution in [0, 0.1) is 23.5 Å². The molecule has 4 nitrogen and oxygen atoms in total. The van der Waals surface area contributed by atoms with Crippen LogP contribution >= 0.6 is 0 Å². The fourth-order valence-corrected chi connectivity index (χ4v) is 2.54. The molecule has 21 heavy (non-hydrogen) atoms. The summed E-state index contributed by atoms with van der Waals surface area (Å²) in [4.78, 5) is 24.7. The van der Waals surface area contributed by atoms with Gasteiger partial charge in [0.25, 0.3) is 0 Å². The minimum Gasteiger partial charge on any atom is -0.481 e. The third kappa shape index (κ3) is 2.89. The summed E-state index contributed by atoms with van der Waals surface area (Å²) >= 11 is 0. The van der Waals surface area contributed by atoms with E-state index < -0.39 is 35.5 Å². The fourth-order valence-electron chi connectivity index (χ4n) is 2.54. The molecule has 1 aliphatic carbocycles. The van der Waals surface area contributed by atoms with Crippen molar-refractivity contribution < 1.29 is 23.5 Å². The van der Waals surface area contributed by atoms with Crippen molar-refractivity contribution in [3.8, 4) is 0 Å². The van der Waals surface area contributed by atoms with Crippen molar-refractivity contribution in [1.82, 2.24) is 4.90 Å². The van der Waals surface area contributed by atoms with Gasteiger partial charge in [-0.1, -0.05) is 6.07 Å². The van der Waals surface area contributed by atoms with Gasteiger partial charge in [0, 0.05) is 7.05 Å². The first-order valence-electron chi connectivity index (χ1n) is 6.77. The van der Waals surface area contributed by atoms with Crippen molar-refractivity contribution in [3.05, 3.63) is 35.4 Å². The minimum absolute atomic E-state index is 0.272. The molecule has 0 heterocycles. The third-order valence-corrected chi connectivity index (χ3v) is 4.26. The lowest BCUT2D eigenvalue weighted by molar-refractivity contribution is -0.156. The van der Waals surface area contributed by atoms with Crippen molar-refractivity contribution in [3.63, 3.8) is 0 Å². The molecule has 1 fully saturated rings. The second-order valence-corrected chi connectivity index (χ2v) is 5.43. The van der Waals surface area contributed by atoms with Crippen LogP contribution in [0.4, 0.5) is 8.78 Å². The highest BCUT2D eigenvalue weighted by Gasteiger charge is 2.43. The molecule has 0 aliphatic heterocycles. The zero-order valence-electron chi connectivity index (χ0n) is 11.8. The van der Waals surface area contributed by atoms with Gasteiger partial charge in [-0.15, -0.1) is 0 Å². The number of rotatable bonds is 4. The number of aliphatic carboxylic acids is 1. The smallest absolute Gasteiger partial charge is 0.307 e. The highest BCUT2D eigenvalue weighted by molar-refractivity contribution is 5.86. The molecule has 0 saturated heterocycles. The lowest BCUT2D eigenvalue weighted by Crippen LogP contribution is -2.45. The predicted octanol–water partition coefficient (Wildman–Crippen LogP) is 2.59. The highest BCUT2D eigenvalue weighted by Crippen LogP contribution is 2.37. The Bertz CT molecular complexity index is 576. The number of benzene rings is 1.